The van der Waals surface area contributed by atoms with Crippen LogP contribution in [0.3, 0.4) is 0 Å². The van der Waals surface area contributed by atoms with Gasteiger partial charge in [0.05, 0.1) is 4.92 Å². The Bertz CT molecular complexity index is 692. The number of amidine groups is 1. The van der Waals surface area contributed by atoms with Crippen LogP contribution in [-0.2, 0) is 6.61 Å². The summed E-state index contributed by atoms with van der Waals surface area (Å²) in [6.45, 7) is 0.0777. The summed E-state index contributed by atoms with van der Waals surface area (Å²) in [6.07, 6.45) is 0. The number of nitrogens with two attached hydrogens (primary N) is 1. The van der Waals surface area contributed by atoms with Crippen LogP contribution in [0.2, 0.25) is 0 Å². The third kappa shape index (κ3) is 4.16. The molecule has 0 aromatic heterocycles. The topological polar surface area (TPSA) is 102 Å². The van der Waals surface area contributed by atoms with Gasteiger partial charge in [0.1, 0.15) is 12.4 Å². The Hall–Kier alpha value is -2.67. The maximum absolute atomic E-state index is 13.7. The average molecular weight is 326 g/mol. The third-order valence-corrected chi connectivity index (χ3v) is 2.78. The van der Waals surface area contributed by atoms with Gasteiger partial charge in [-0.05, 0) is 35.9 Å². The van der Waals surface area contributed by atoms with Gasteiger partial charge in [0.25, 0.3) is 5.69 Å². The van der Waals surface area contributed by atoms with Gasteiger partial charge in [-0.1, -0.05) is 0 Å². The van der Waals surface area contributed by atoms with Crippen molar-refractivity contribution >= 4 is 23.9 Å². The van der Waals surface area contributed by atoms with Crippen molar-refractivity contribution < 1.29 is 14.1 Å². The number of nitro groups is 1. The highest BCUT2D eigenvalue weighted by Gasteiger charge is 2.08. The quantitative estimate of drug-likeness (QED) is 0.382. The molecule has 0 saturated heterocycles. The van der Waals surface area contributed by atoms with E-state index in [1.54, 1.807) is 12.1 Å². The van der Waals surface area contributed by atoms with E-state index in [-0.39, 0.29) is 41.8 Å². The lowest BCUT2D eigenvalue weighted by Crippen LogP contribution is -2.11. The number of non-ortho nitro benzene ring substituents is 1. The Morgan fingerprint density at radius 3 is 2.41 bits per heavy atom. The number of hydrogen-bond donors (Lipinski definition) is 2. The summed E-state index contributed by atoms with van der Waals surface area (Å²) >= 11 is 0. The summed E-state index contributed by atoms with van der Waals surface area (Å²) in [5.41, 5.74) is 6.19. The minimum atomic E-state index is -0.621. The number of halogens is 2. The number of ether oxygens (including phenoxy) is 1. The lowest BCUT2D eigenvalue weighted by atomic mass is 10.2. The lowest BCUT2D eigenvalue weighted by molar-refractivity contribution is -0.384. The Morgan fingerprint density at radius 1 is 1.27 bits per heavy atom. The minimum absolute atomic E-state index is 0. The van der Waals surface area contributed by atoms with Gasteiger partial charge >= 0.3 is 0 Å². The van der Waals surface area contributed by atoms with Crippen molar-refractivity contribution in [3.8, 4) is 5.75 Å². The summed E-state index contributed by atoms with van der Waals surface area (Å²) in [5.74, 6) is -0.821. The van der Waals surface area contributed by atoms with Gasteiger partial charge < -0.3 is 10.5 Å². The molecule has 0 radical (unpaired) electrons. The number of benzene rings is 2. The van der Waals surface area contributed by atoms with E-state index in [0.717, 1.165) is 6.07 Å². The molecule has 0 amide bonds. The summed E-state index contributed by atoms with van der Waals surface area (Å²) in [6, 6.07) is 9.78. The first-order chi connectivity index (χ1) is 9.97. The van der Waals surface area contributed by atoms with E-state index >= 15 is 0 Å². The number of nitrogen functional groups attached to an aromatic ring is 1. The van der Waals surface area contributed by atoms with Crippen molar-refractivity contribution in [1.29, 1.82) is 5.41 Å². The molecule has 22 heavy (non-hydrogen) atoms. The van der Waals surface area contributed by atoms with Crippen LogP contribution in [0.25, 0.3) is 0 Å². The number of nitro benzene ring substituents is 1. The highest BCUT2D eigenvalue weighted by Crippen LogP contribution is 2.20. The fourth-order valence-corrected chi connectivity index (χ4v) is 1.66. The van der Waals surface area contributed by atoms with Crippen LogP contribution >= 0.6 is 12.4 Å². The van der Waals surface area contributed by atoms with Gasteiger partial charge in [-0.3, -0.25) is 15.5 Å². The maximum atomic E-state index is 13.7. The van der Waals surface area contributed by atoms with Crippen molar-refractivity contribution in [2.75, 3.05) is 0 Å². The molecule has 0 spiro atoms. The molecule has 3 N–H and O–H groups in total. The Balaban J connectivity index is 0.00000242. The van der Waals surface area contributed by atoms with E-state index < -0.39 is 10.7 Å². The van der Waals surface area contributed by atoms with Gasteiger partial charge in [-0.15, -0.1) is 12.4 Å². The minimum Gasteiger partial charge on any atom is -0.486 e. The van der Waals surface area contributed by atoms with E-state index in [1.807, 2.05) is 0 Å². The average Bonchev–Trinajstić information content (AvgIpc) is 2.46. The monoisotopic (exact) mass is 325 g/mol. The van der Waals surface area contributed by atoms with Gasteiger partial charge in [-0.25, -0.2) is 4.39 Å². The molecule has 0 fully saturated rings. The number of hydrogen-bond acceptors (Lipinski definition) is 4. The van der Waals surface area contributed by atoms with Crippen molar-refractivity contribution in [3.05, 3.63) is 69.5 Å². The van der Waals surface area contributed by atoms with Crippen molar-refractivity contribution in [2.45, 2.75) is 6.61 Å². The summed E-state index contributed by atoms with van der Waals surface area (Å²) < 4.78 is 19.0. The SMILES string of the molecule is Cl.N=C(N)c1ccc(OCc2ccc([N+](=O)[O-])cc2)c(F)c1. The molecule has 0 bridgehead atoms. The van der Waals surface area contributed by atoms with Crippen LogP contribution in [0.15, 0.2) is 42.5 Å². The molecule has 116 valence electrons. The predicted molar refractivity (Wildman–Crippen MR) is 82.1 cm³/mol. The molecule has 0 aliphatic heterocycles. The molecule has 0 aliphatic carbocycles. The molecule has 8 heteroatoms. The normalized spacial score (nSPS) is 9.68. The number of rotatable bonds is 5. The van der Waals surface area contributed by atoms with Gasteiger partial charge in [0.15, 0.2) is 11.6 Å². The molecule has 2 rings (SSSR count). The molecule has 6 nitrogen and oxygen atoms in total. The summed E-state index contributed by atoms with van der Waals surface area (Å²) in [4.78, 5) is 10.0. The zero-order valence-corrected chi connectivity index (χ0v) is 12.1. The van der Waals surface area contributed by atoms with Crippen LogP contribution in [-0.4, -0.2) is 10.8 Å². The maximum Gasteiger partial charge on any atom is 0.269 e. The zero-order valence-electron chi connectivity index (χ0n) is 11.3. The fourth-order valence-electron chi connectivity index (χ4n) is 1.66. The molecule has 0 aliphatic rings. The molecule has 2 aromatic rings. The van der Waals surface area contributed by atoms with Gasteiger partial charge in [0.2, 0.25) is 0 Å². The van der Waals surface area contributed by atoms with E-state index in [9.17, 15) is 14.5 Å². The summed E-state index contributed by atoms with van der Waals surface area (Å²) in [5, 5.41) is 17.7. The number of nitrogens with zero attached hydrogens (tertiary/aromatic N) is 1. The van der Waals surface area contributed by atoms with Gasteiger partial charge in [0, 0.05) is 17.7 Å². The molecular weight excluding hydrogens is 313 g/mol. The largest absolute Gasteiger partial charge is 0.486 e. The molecule has 2 aromatic carbocycles. The van der Waals surface area contributed by atoms with Crippen molar-refractivity contribution in [2.24, 2.45) is 5.73 Å². The van der Waals surface area contributed by atoms with Crippen LogP contribution in [0.4, 0.5) is 10.1 Å². The van der Waals surface area contributed by atoms with Crippen molar-refractivity contribution in [1.82, 2.24) is 0 Å². The first-order valence-electron chi connectivity index (χ1n) is 5.97. The third-order valence-electron chi connectivity index (χ3n) is 2.78. The Labute approximate surface area is 131 Å². The summed E-state index contributed by atoms with van der Waals surface area (Å²) in [7, 11) is 0. The highest BCUT2D eigenvalue weighted by atomic mass is 35.5. The van der Waals surface area contributed by atoms with Crippen LogP contribution in [0.1, 0.15) is 11.1 Å². The van der Waals surface area contributed by atoms with Crippen LogP contribution < -0.4 is 10.5 Å². The second-order valence-corrected chi connectivity index (χ2v) is 4.27. The Kier molecular flexibility index (Phi) is 5.82. The number of nitrogens with one attached hydrogen (secondary N) is 1. The predicted octanol–water partition coefficient (Wildman–Crippen LogP) is 3.02. The van der Waals surface area contributed by atoms with E-state index in [1.165, 1.54) is 24.3 Å². The molecule has 0 heterocycles. The smallest absolute Gasteiger partial charge is 0.269 e. The van der Waals surface area contributed by atoms with E-state index in [2.05, 4.69) is 0 Å². The van der Waals surface area contributed by atoms with Crippen molar-refractivity contribution in [3.63, 3.8) is 0 Å². The Morgan fingerprint density at radius 2 is 1.91 bits per heavy atom. The standard InChI is InChI=1S/C14H12FN3O3.ClH/c15-12-7-10(14(16)17)3-6-13(12)21-8-9-1-4-11(5-2-9)18(19)20;/h1-7H,8H2,(H3,16,17);1H. The first kappa shape index (κ1) is 17.4. The highest BCUT2D eigenvalue weighted by molar-refractivity contribution is 5.95. The molecular formula is C14H13ClFN3O3. The van der Waals surface area contributed by atoms with Crippen LogP contribution in [0, 0.1) is 21.3 Å². The van der Waals surface area contributed by atoms with Crippen LogP contribution in [0.5, 0.6) is 5.75 Å². The second-order valence-electron chi connectivity index (χ2n) is 4.27. The molecule has 0 saturated carbocycles. The van der Waals surface area contributed by atoms with E-state index in [4.69, 9.17) is 15.9 Å². The lowest BCUT2D eigenvalue weighted by Gasteiger charge is -2.08. The van der Waals surface area contributed by atoms with Gasteiger partial charge in [-0.2, -0.15) is 0 Å². The second kappa shape index (κ2) is 7.37. The van der Waals surface area contributed by atoms with E-state index in [0.29, 0.717) is 5.56 Å². The first-order valence-corrected chi connectivity index (χ1v) is 5.97. The molecule has 0 atom stereocenters. The zero-order chi connectivity index (χ0) is 15.4. The molecule has 0 unspecified atom stereocenters. The fraction of sp³-hybridized carbons (Fsp3) is 0.0714.